The van der Waals surface area contributed by atoms with E-state index >= 15 is 0 Å². The highest BCUT2D eigenvalue weighted by molar-refractivity contribution is 6.03. The number of halogens is 1. The van der Waals surface area contributed by atoms with Crippen molar-refractivity contribution in [3.63, 3.8) is 0 Å². The summed E-state index contributed by atoms with van der Waals surface area (Å²) in [6, 6.07) is 8.41. The molecule has 0 fully saturated rings. The average Bonchev–Trinajstić information content (AvgIpc) is 2.43. The molecular weight excluding hydrogens is 261 g/mol. The fraction of sp³-hybridized carbons (Fsp3) is 0.0714. The van der Waals surface area contributed by atoms with Crippen molar-refractivity contribution in [2.75, 3.05) is 5.32 Å². The third-order valence-corrected chi connectivity index (χ3v) is 2.73. The highest BCUT2D eigenvalue weighted by Gasteiger charge is 2.12. The molecule has 0 aliphatic heterocycles. The van der Waals surface area contributed by atoms with Crippen LogP contribution in [-0.2, 0) is 0 Å². The molecular formula is C14H10FN3O2. The standard InChI is InChI=1S/C14H10FN3O2/c1-8-10(15)5-9(7-16)6-12(8)18-14(20)11-3-2-4-13(19)17-11/h2-6H,1H3,(H,17,19)(H,18,20). The maximum absolute atomic E-state index is 13.6. The quantitative estimate of drug-likeness (QED) is 0.875. The van der Waals surface area contributed by atoms with Crippen LogP contribution in [-0.4, -0.2) is 10.9 Å². The second-order valence-electron chi connectivity index (χ2n) is 4.13. The average molecular weight is 271 g/mol. The molecule has 1 amide bonds. The number of carbonyl (C=O) groups is 1. The summed E-state index contributed by atoms with van der Waals surface area (Å²) < 4.78 is 13.6. The maximum Gasteiger partial charge on any atom is 0.272 e. The Labute approximate surface area is 113 Å². The number of nitriles is 1. The second-order valence-corrected chi connectivity index (χ2v) is 4.13. The molecule has 100 valence electrons. The van der Waals surface area contributed by atoms with E-state index in [1.165, 1.54) is 31.2 Å². The number of anilines is 1. The van der Waals surface area contributed by atoms with Crippen LogP contribution in [0.3, 0.4) is 0 Å². The van der Waals surface area contributed by atoms with Crippen molar-refractivity contribution < 1.29 is 9.18 Å². The Morgan fingerprint density at radius 2 is 2.15 bits per heavy atom. The molecule has 0 spiro atoms. The van der Waals surface area contributed by atoms with Crippen molar-refractivity contribution in [3.8, 4) is 6.07 Å². The third kappa shape index (κ3) is 2.72. The van der Waals surface area contributed by atoms with Crippen molar-refractivity contribution in [2.45, 2.75) is 6.92 Å². The number of nitrogens with zero attached hydrogens (tertiary/aromatic N) is 1. The van der Waals surface area contributed by atoms with Crippen LogP contribution in [0.4, 0.5) is 10.1 Å². The lowest BCUT2D eigenvalue weighted by atomic mass is 10.1. The fourth-order valence-corrected chi connectivity index (χ4v) is 1.64. The summed E-state index contributed by atoms with van der Waals surface area (Å²) in [6.07, 6.45) is 0. The van der Waals surface area contributed by atoms with Gasteiger partial charge in [0.25, 0.3) is 5.91 Å². The third-order valence-electron chi connectivity index (χ3n) is 2.73. The number of aromatic amines is 1. The summed E-state index contributed by atoms with van der Waals surface area (Å²) in [4.78, 5) is 25.4. The summed E-state index contributed by atoms with van der Waals surface area (Å²) >= 11 is 0. The lowest BCUT2D eigenvalue weighted by molar-refractivity contribution is 0.102. The van der Waals surface area contributed by atoms with Crippen LogP contribution < -0.4 is 10.9 Å². The molecule has 1 aromatic heterocycles. The predicted molar refractivity (Wildman–Crippen MR) is 70.9 cm³/mol. The van der Waals surface area contributed by atoms with Gasteiger partial charge >= 0.3 is 0 Å². The SMILES string of the molecule is Cc1c(F)cc(C#N)cc1NC(=O)c1cccc(=O)[nH]1. The molecule has 0 saturated heterocycles. The summed E-state index contributed by atoms with van der Waals surface area (Å²) in [6.45, 7) is 1.49. The fourth-order valence-electron chi connectivity index (χ4n) is 1.64. The van der Waals surface area contributed by atoms with Crippen LogP contribution in [0.5, 0.6) is 0 Å². The smallest absolute Gasteiger partial charge is 0.272 e. The van der Waals surface area contributed by atoms with Gasteiger partial charge in [0.05, 0.1) is 11.6 Å². The van der Waals surface area contributed by atoms with Gasteiger partial charge in [-0.1, -0.05) is 6.07 Å². The molecule has 0 aliphatic carbocycles. The molecule has 2 rings (SSSR count). The number of hydrogen-bond donors (Lipinski definition) is 2. The van der Waals surface area contributed by atoms with Gasteiger partial charge in [-0.3, -0.25) is 9.59 Å². The van der Waals surface area contributed by atoms with Gasteiger partial charge in [0.2, 0.25) is 5.56 Å². The van der Waals surface area contributed by atoms with E-state index in [1.807, 2.05) is 6.07 Å². The van der Waals surface area contributed by atoms with Crippen LogP contribution >= 0.6 is 0 Å². The Bertz CT molecular complexity index is 775. The molecule has 20 heavy (non-hydrogen) atoms. The van der Waals surface area contributed by atoms with Crippen molar-refractivity contribution >= 4 is 11.6 Å². The van der Waals surface area contributed by atoms with E-state index in [1.54, 1.807) is 0 Å². The van der Waals surface area contributed by atoms with Crippen molar-refractivity contribution in [1.82, 2.24) is 4.98 Å². The normalized spacial score (nSPS) is 9.85. The number of aromatic nitrogens is 1. The molecule has 1 aromatic carbocycles. The first-order valence-corrected chi connectivity index (χ1v) is 5.72. The zero-order valence-corrected chi connectivity index (χ0v) is 10.5. The Balaban J connectivity index is 2.35. The van der Waals surface area contributed by atoms with Crippen molar-refractivity contribution in [1.29, 1.82) is 5.26 Å². The molecule has 5 nitrogen and oxygen atoms in total. The largest absolute Gasteiger partial charge is 0.320 e. The Morgan fingerprint density at radius 1 is 1.40 bits per heavy atom. The Kier molecular flexibility index (Phi) is 3.62. The molecule has 1 heterocycles. The number of benzene rings is 1. The first kappa shape index (κ1) is 13.5. The van der Waals surface area contributed by atoms with Gasteiger partial charge in [-0.25, -0.2) is 4.39 Å². The van der Waals surface area contributed by atoms with Crippen molar-refractivity contribution in [3.05, 3.63) is 63.3 Å². The lowest BCUT2D eigenvalue weighted by Crippen LogP contribution is -2.18. The number of amides is 1. The zero-order chi connectivity index (χ0) is 14.7. The summed E-state index contributed by atoms with van der Waals surface area (Å²) in [5.74, 6) is -1.17. The molecule has 0 bridgehead atoms. The topological polar surface area (TPSA) is 85.8 Å². The Hall–Kier alpha value is -2.94. The molecule has 2 N–H and O–H groups in total. The van der Waals surface area contributed by atoms with Crippen LogP contribution in [0, 0.1) is 24.1 Å². The van der Waals surface area contributed by atoms with Crippen molar-refractivity contribution in [2.24, 2.45) is 0 Å². The molecule has 0 radical (unpaired) electrons. The summed E-state index contributed by atoms with van der Waals surface area (Å²) in [5.41, 5.74) is 0.155. The van der Waals surface area contributed by atoms with E-state index in [2.05, 4.69) is 10.3 Å². The van der Waals surface area contributed by atoms with E-state index in [-0.39, 0.29) is 22.5 Å². The monoisotopic (exact) mass is 271 g/mol. The van der Waals surface area contributed by atoms with E-state index in [0.29, 0.717) is 0 Å². The molecule has 0 atom stereocenters. The number of pyridine rings is 1. The molecule has 6 heteroatoms. The first-order chi connectivity index (χ1) is 9.51. The molecule has 0 saturated carbocycles. The number of nitrogens with one attached hydrogen (secondary N) is 2. The molecule has 0 unspecified atom stereocenters. The molecule has 0 aliphatic rings. The number of hydrogen-bond acceptors (Lipinski definition) is 3. The van der Waals surface area contributed by atoms with E-state index in [9.17, 15) is 14.0 Å². The minimum atomic E-state index is -0.583. The van der Waals surface area contributed by atoms with Crippen LogP contribution in [0.1, 0.15) is 21.6 Å². The van der Waals surface area contributed by atoms with Gasteiger partial charge < -0.3 is 10.3 Å². The van der Waals surface area contributed by atoms with Gasteiger partial charge in [-0.2, -0.15) is 5.26 Å². The van der Waals surface area contributed by atoms with Gasteiger partial charge in [-0.15, -0.1) is 0 Å². The second kappa shape index (κ2) is 5.36. The van der Waals surface area contributed by atoms with Gasteiger partial charge in [0, 0.05) is 17.3 Å². The van der Waals surface area contributed by atoms with E-state index < -0.39 is 17.3 Å². The van der Waals surface area contributed by atoms with Crippen LogP contribution in [0.25, 0.3) is 0 Å². The highest BCUT2D eigenvalue weighted by Crippen LogP contribution is 2.20. The predicted octanol–water partition coefficient (Wildman–Crippen LogP) is 1.95. The van der Waals surface area contributed by atoms with Gasteiger partial charge in [0.15, 0.2) is 0 Å². The summed E-state index contributed by atoms with van der Waals surface area (Å²) in [7, 11) is 0. The minimum Gasteiger partial charge on any atom is -0.320 e. The van der Waals surface area contributed by atoms with Crippen LogP contribution in [0.2, 0.25) is 0 Å². The minimum absolute atomic E-state index is 0.0552. The summed E-state index contributed by atoms with van der Waals surface area (Å²) in [5, 5.41) is 11.3. The lowest BCUT2D eigenvalue weighted by Gasteiger charge is -2.09. The van der Waals surface area contributed by atoms with E-state index in [0.717, 1.165) is 6.07 Å². The highest BCUT2D eigenvalue weighted by atomic mass is 19.1. The number of carbonyl (C=O) groups excluding carboxylic acids is 1. The number of H-pyrrole nitrogens is 1. The van der Waals surface area contributed by atoms with Crippen LogP contribution in [0.15, 0.2) is 35.1 Å². The van der Waals surface area contributed by atoms with Gasteiger partial charge in [0.1, 0.15) is 11.5 Å². The maximum atomic E-state index is 13.6. The zero-order valence-electron chi connectivity index (χ0n) is 10.5. The molecule has 2 aromatic rings. The number of rotatable bonds is 2. The van der Waals surface area contributed by atoms with E-state index in [4.69, 9.17) is 5.26 Å². The first-order valence-electron chi connectivity index (χ1n) is 5.72. The van der Waals surface area contributed by atoms with Gasteiger partial charge in [-0.05, 0) is 25.1 Å². The Morgan fingerprint density at radius 3 is 2.80 bits per heavy atom.